The van der Waals surface area contributed by atoms with Crippen LogP contribution in [0.3, 0.4) is 0 Å². The van der Waals surface area contributed by atoms with Gasteiger partial charge in [-0.15, -0.1) is 0 Å². The summed E-state index contributed by atoms with van der Waals surface area (Å²) < 4.78 is 12.0. The van der Waals surface area contributed by atoms with Gasteiger partial charge in [0.1, 0.15) is 17.0 Å². The number of Topliss-reactive ketones (excluding diaryl/α,β-unsaturated/α-hetero) is 1. The first-order valence-corrected chi connectivity index (χ1v) is 12.5. The van der Waals surface area contributed by atoms with Crippen LogP contribution in [0.2, 0.25) is 5.15 Å². The summed E-state index contributed by atoms with van der Waals surface area (Å²) in [6.07, 6.45) is 5.67. The minimum absolute atomic E-state index is 0.0174. The fraction of sp³-hybridized carbons (Fsp3) is 0.636. The van der Waals surface area contributed by atoms with E-state index in [1.54, 1.807) is 17.8 Å². The van der Waals surface area contributed by atoms with Crippen molar-refractivity contribution in [3.8, 4) is 17.4 Å². The Balaban J connectivity index is 1.46. The van der Waals surface area contributed by atoms with Crippen molar-refractivity contribution >= 4 is 29.1 Å². The largest absolute Gasteiger partial charge is 0.473 e. The Hall–Kier alpha value is -1.64. The smallest absolute Gasteiger partial charge is 0.218 e. The van der Waals surface area contributed by atoms with Gasteiger partial charge in [-0.1, -0.05) is 23.2 Å². The first kappa shape index (κ1) is 21.2. The minimum Gasteiger partial charge on any atom is -0.473 e. The summed E-state index contributed by atoms with van der Waals surface area (Å²) in [5, 5.41) is 4.62. The van der Waals surface area contributed by atoms with Crippen molar-refractivity contribution in [3.63, 3.8) is 0 Å². The molecule has 0 bridgehead atoms. The third kappa shape index (κ3) is 3.76. The molecule has 1 unspecified atom stereocenters. The molecule has 4 heterocycles. The van der Waals surface area contributed by atoms with E-state index >= 15 is 0 Å². The van der Waals surface area contributed by atoms with Crippen LogP contribution in [0.25, 0.3) is 11.5 Å². The fourth-order valence-electron chi connectivity index (χ4n) is 5.23. The van der Waals surface area contributed by atoms with Crippen molar-refractivity contribution in [2.24, 2.45) is 0 Å². The summed E-state index contributed by atoms with van der Waals surface area (Å²) in [7, 11) is 2.12. The number of hydrogen-bond donors (Lipinski definition) is 0. The molecule has 1 spiro atoms. The van der Waals surface area contributed by atoms with Crippen LogP contribution in [-0.4, -0.2) is 57.3 Å². The highest BCUT2D eigenvalue weighted by atomic mass is 35.5. The number of nitrogens with zero attached hydrogens (tertiary/aromatic N) is 4. The Bertz CT molecular complexity index is 999. The Morgan fingerprint density at radius 3 is 3.00 bits per heavy atom. The Morgan fingerprint density at radius 1 is 1.35 bits per heavy atom. The monoisotopic (exact) mass is 462 g/mol. The predicted octanol–water partition coefficient (Wildman–Crippen LogP) is 4.27. The molecule has 5 rings (SSSR count). The maximum absolute atomic E-state index is 12.9. The summed E-state index contributed by atoms with van der Waals surface area (Å²) in [6.45, 7) is 3.15. The molecule has 1 saturated heterocycles. The van der Waals surface area contributed by atoms with E-state index in [-0.39, 0.29) is 11.9 Å². The number of ether oxygens (including phenoxy) is 1. The number of likely N-dealkylation sites (tertiary alicyclic amines) is 1. The molecule has 9 heteroatoms. The fourth-order valence-corrected chi connectivity index (χ4v) is 6.77. The number of ketones is 1. The number of halogens is 1. The molecular weight excluding hydrogens is 436 g/mol. The molecule has 2 aliphatic heterocycles. The standard InChI is InChI=1S/C22H27ClN4O3S/c1-13(15-6-5-9-27(15)2)29-18-10-17(23)24-21(25-18)19-14-11-31-12-22(20(14)30-26-19)8-4-3-7-16(22)28/h10,13,15H,3-9,11-12H2,1-2H3/t13-,15-,22?/m0/s1. The first-order valence-electron chi connectivity index (χ1n) is 11.0. The third-order valence-electron chi connectivity index (χ3n) is 6.92. The van der Waals surface area contributed by atoms with Crippen molar-refractivity contribution in [1.82, 2.24) is 20.0 Å². The number of thioether (sulfide) groups is 1. The molecule has 0 aromatic carbocycles. The molecular formula is C22H27ClN4O3S. The van der Waals surface area contributed by atoms with Crippen molar-refractivity contribution < 1.29 is 14.1 Å². The lowest BCUT2D eigenvalue weighted by atomic mass is 9.71. The molecule has 166 valence electrons. The number of hydrogen-bond acceptors (Lipinski definition) is 8. The minimum atomic E-state index is -0.554. The molecule has 3 atom stereocenters. The van der Waals surface area contributed by atoms with E-state index in [2.05, 4.69) is 34.0 Å². The molecule has 2 fully saturated rings. The molecule has 31 heavy (non-hydrogen) atoms. The van der Waals surface area contributed by atoms with Crippen LogP contribution in [0.1, 0.15) is 56.8 Å². The van der Waals surface area contributed by atoms with Crippen LogP contribution in [0.15, 0.2) is 10.6 Å². The molecule has 0 N–H and O–H groups in total. The summed E-state index contributed by atoms with van der Waals surface area (Å²) in [5.41, 5.74) is 0.933. The SMILES string of the molecule is C[C@H](Oc1cc(Cl)nc(-c2noc3c2CSCC32CCCCC2=O)n1)[C@@H]1CCCN1C. The van der Waals surface area contributed by atoms with Crippen LogP contribution >= 0.6 is 23.4 Å². The quantitative estimate of drug-likeness (QED) is 0.623. The molecule has 0 amide bonds. The van der Waals surface area contributed by atoms with Gasteiger partial charge in [0.25, 0.3) is 0 Å². The topological polar surface area (TPSA) is 81.3 Å². The van der Waals surface area contributed by atoms with Gasteiger partial charge in [-0.05, 0) is 46.2 Å². The molecule has 3 aliphatic rings. The average Bonchev–Trinajstić information content (AvgIpc) is 3.37. The summed E-state index contributed by atoms with van der Waals surface area (Å²) in [6, 6.07) is 2.00. The highest BCUT2D eigenvalue weighted by Gasteiger charge is 2.49. The number of aromatic nitrogens is 3. The van der Waals surface area contributed by atoms with Gasteiger partial charge in [0.2, 0.25) is 5.88 Å². The number of likely N-dealkylation sites (N-methyl/N-ethyl adjacent to an activating group) is 1. The Kier molecular flexibility index (Phi) is 5.73. The summed E-state index contributed by atoms with van der Waals surface area (Å²) in [5.74, 6) is 3.27. The molecule has 2 aromatic rings. The van der Waals surface area contributed by atoms with Crippen LogP contribution in [-0.2, 0) is 16.0 Å². The van der Waals surface area contributed by atoms with E-state index in [1.807, 2.05) is 0 Å². The second-order valence-corrected chi connectivity index (χ2v) is 10.3. The van der Waals surface area contributed by atoms with Crippen LogP contribution < -0.4 is 4.74 Å². The van der Waals surface area contributed by atoms with Gasteiger partial charge in [0.05, 0.1) is 5.41 Å². The lowest BCUT2D eigenvalue weighted by molar-refractivity contribution is -0.126. The molecule has 1 saturated carbocycles. The van der Waals surface area contributed by atoms with Gasteiger partial charge in [-0.3, -0.25) is 9.69 Å². The van der Waals surface area contributed by atoms with Gasteiger partial charge < -0.3 is 9.26 Å². The van der Waals surface area contributed by atoms with E-state index in [1.165, 1.54) is 6.42 Å². The van der Waals surface area contributed by atoms with E-state index in [9.17, 15) is 4.79 Å². The Labute approximate surface area is 191 Å². The molecule has 0 radical (unpaired) electrons. The van der Waals surface area contributed by atoms with Crippen molar-refractivity contribution in [2.75, 3.05) is 19.3 Å². The van der Waals surface area contributed by atoms with E-state index in [0.717, 1.165) is 49.3 Å². The van der Waals surface area contributed by atoms with Gasteiger partial charge >= 0.3 is 0 Å². The Morgan fingerprint density at radius 2 is 2.23 bits per heavy atom. The molecule has 7 nitrogen and oxygen atoms in total. The predicted molar refractivity (Wildman–Crippen MR) is 120 cm³/mol. The zero-order chi connectivity index (χ0) is 21.6. The lowest BCUT2D eigenvalue weighted by Crippen LogP contribution is -2.43. The van der Waals surface area contributed by atoms with Crippen LogP contribution in [0, 0.1) is 0 Å². The average molecular weight is 463 g/mol. The second kappa shape index (κ2) is 8.37. The van der Waals surface area contributed by atoms with Gasteiger partial charge in [-0.2, -0.15) is 16.7 Å². The lowest BCUT2D eigenvalue weighted by Gasteiger charge is -2.36. The second-order valence-electron chi connectivity index (χ2n) is 8.91. The van der Waals surface area contributed by atoms with Gasteiger partial charge in [-0.25, -0.2) is 4.98 Å². The zero-order valence-corrected chi connectivity index (χ0v) is 19.5. The van der Waals surface area contributed by atoms with Crippen molar-refractivity contribution in [2.45, 2.75) is 68.8 Å². The van der Waals surface area contributed by atoms with Crippen LogP contribution in [0.4, 0.5) is 0 Å². The summed E-state index contributed by atoms with van der Waals surface area (Å²) in [4.78, 5) is 24.2. The van der Waals surface area contributed by atoms with Crippen molar-refractivity contribution in [1.29, 1.82) is 0 Å². The molecule has 1 aliphatic carbocycles. The summed E-state index contributed by atoms with van der Waals surface area (Å²) >= 11 is 8.08. The van der Waals surface area contributed by atoms with Crippen molar-refractivity contribution in [3.05, 3.63) is 22.5 Å². The highest BCUT2D eigenvalue weighted by molar-refractivity contribution is 7.98. The number of carbonyl (C=O) groups excluding carboxylic acids is 1. The first-order chi connectivity index (χ1) is 15.0. The highest BCUT2D eigenvalue weighted by Crippen LogP contribution is 2.47. The normalized spacial score (nSPS) is 27.5. The third-order valence-corrected chi connectivity index (χ3v) is 8.30. The zero-order valence-electron chi connectivity index (χ0n) is 17.9. The number of carbonyl (C=O) groups is 1. The van der Waals surface area contributed by atoms with E-state index in [4.69, 9.17) is 20.9 Å². The van der Waals surface area contributed by atoms with Gasteiger partial charge in [0, 0.05) is 35.6 Å². The maximum atomic E-state index is 12.9. The number of fused-ring (bicyclic) bond motifs is 2. The molecule has 2 aromatic heterocycles. The van der Waals surface area contributed by atoms with Crippen LogP contribution in [0.5, 0.6) is 5.88 Å². The van der Waals surface area contributed by atoms with E-state index < -0.39 is 5.41 Å². The van der Waals surface area contributed by atoms with Gasteiger partial charge in [0.15, 0.2) is 17.3 Å². The maximum Gasteiger partial charge on any atom is 0.218 e. The van der Waals surface area contributed by atoms with E-state index in [0.29, 0.717) is 40.8 Å². The number of rotatable bonds is 4.